The molecule has 106 valence electrons. The normalized spacial score (nSPS) is 13.8. The monoisotopic (exact) mass is 270 g/mol. The zero-order valence-electron chi connectivity index (χ0n) is 12.3. The third-order valence-electron chi connectivity index (χ3n) is 3.65. The molecular formula is C18H22O2. The van der Waals surface area contributed by atoms with Crippen LogP contribution in [0.15, 0.2) is 48.5 Å². The van der Waals surface area contributed by atoms with Gasteiger partial charge in [0.1, 0.15) is 11.5 Å². The standard InChI is InChI=1S/C18H22O2/c1-4-13(2)17-7-5-6-8-18(17)20-16-11-9-15(10-12-16)14(3)19/h5-14,19H,4H2,1-3H3/t13?,14-/m1/s1. The molecule has 2 nitrogen and oxygen atoms in total. The fraction of sp³-hybridized carbons (Fsp3) is 0.333. The van der Waals surface area contributed by atoms with E-state index in [9.17, 15) is 5.11 Å². The Morgan fingerprint density at radius 3 is 2.25 bits per heavy atom. The van der Waals surface area contributed by atoms with Crippen molar-refractivity contribution < 1.29 is 9.84 Å². The van der Waals surface area contributed by atoms with E-state index in [1.807, 2.05) is 42.5 Å². The molecule has 0 aliphatic rings. The van der Waals surface area contributed by atoms with Crippen LogP contribution in [0, 0.1) is 0 Å². The van der Waals surface area contributed by atoms with E-state index >= 15 is 0 Å². The van der Waals surface area contributed by atoms with Crippen molar-refractivity contribution in [3.63, 3.8) is 0 Å². The minimum atomic E-state index is -0.448. The molecule has 0 aliphatic carbocycles. The zero-order chi connectivity index (χ0) is 14.5. The molecule has 0 heterocycles. The molecule has 0 fully saturated rings. The number of aliphatic hydroxyl groups is 1. The predicted molar refractivity (Wildman–Crippen MR) is 82.3 cm³/mol. The Kier molecular flexibility index (Phi) is 4.80. The SMILES string of the molecule is CCC(C)c1ccccc1Oc1ccc([C@@H](C)O)cc1. The van der Waals surface area contributed by atoms with Crippen molar-refractivity contribution in [3.05, 3.63) is 59.7 Å². The summed E-state index contributed by atoms with van der Waals surface area (Å²) in [4.78, 5) is 0. The van der Waals surface area contributed by atoms with E-state index in [1.165, 1.54) is 5.56 Å². The second-order valence-electron chi connectivity index (χ2n) is 5.19. The Bertz CT molecular complexity index is 544. The summed E-state index contributed by atoms with van der Waals surface area (Å²) < 4.78 is 5.99. The van der Waals surface area contributed by atoms with Crippen LogP contribution in [0.5, 0.6) is 11.5 Å². The number of hydrogen-bond acceptors (Lipinski definition) is 2. The Hall–Kier alpha value is -1.80. The molecule has 20 heavy (non-hydrogen) atoms. The van der Waals surface area contributed by atoms with Gasteiger partial charge in [-0.05, 0) is 48.6 Å². The lowest BCUT2D eigenvalue weighted by Crippen LogP contribution is -1.96. The van der Waals surface area contributed by atoms with Gasteiger partial charge < -0.3 is 9.84 Å². The van der Waals surface area contributed by atoms with Crippen LogP contribution >= 0.6 is 0 Å². The summed E-state index contributed by atoms with van der Waals surface area (Å²) in [7, 11) is 0. The van der Waals surface area contributed by atoms with E-state index in [0.29, 0.717) is 5.92 Å². The van der Waals surface area contributed by atoms with Crippen molar-refractivity contribution in [2.45, 2.75) is 39.2 Å². The Labute approximate surface area is 121 Å². The largest absolute Gasteiger partial charge is 0.457 e. The van der Waals surface area contributed by atoms with Crippen molar-refractivity contribution in [1.82, 2.24) is 0 Å². The summed E-state index contributed by atoms with van der Waals surface area (Å²) in [5.74, 6) is 2.18. The maximum absolute atomic E-state index is 9.51. The molecule has 2 aromatic rings. The molecular weight excluding hydrogens is 248 g/mol. The molecule has 0 saturated heterocycles. The van der Waals surface area contributed by atoms with E-state index in [2.05, 4.69) is 19.9 Å². The smallest absolute Gasteiger partial charge is 0.130 e. The Morgan fingerprint density at radius 2 is 1.65 bits per heavy atom. The van der Waals surface area contributed by atoms with Gasteiger partial charge in [-0.15, -0.1) is 0 Å². The predicted octanol–water partition coefficient (Wildman–Crippen LogP) is 5.05. The summed E-state index contributed by atoms with van der Waals surface area (Å²) >= 11 is 0. The maximum Gasteiger partial charge on any atom is 0.130 e. The second kappa shape index (κ2) is 6.58. The van der Waals surface area contributed by atoms with E-state index < -0.39 is 6.10 Å². The molecule has 0 spiro atoms. The van der Waals surface area contributed by atoms with Crippen LogP contribution in [0.3, 0.4) is 0 Å². The van der Waals surface area contributed by atoms with E-state index in [1.54, 1.807) is 6.92 Å². The van der Waals surface area contributed by atoms with Crippen LogP contribution in [0.4, 0.5) is 0 Å². The number of para-hydroxylation sites is 1. The highest BCUT2D eigenvalue weighted by atomic mass is 16.5. The molecule has 1 unspecified atom stereocenters. The average molecular weight is 270 g/mol. The van der Waals surface area contributed by atoms with Crippen LogP contribution < -0.4 is 4.74 Å². The van der Waals surface area contributed by atoms with Gasteiger partial charge in [-0.1, -0.05) is 44.2 Å². The van der Waals surface area contributed by atoms with Crippen molar-refractivity contribution in [2.24, 2.45) is 0 Å². The van der Waals surface area contributed by atoms with Gasteiger partial charge in [0.25, 0.3) is 0 Å². The zero-order valence-corrected chi connectivity index (χ0v) is 12.3. The van der Waals surface area contributed by atoms with Crippen molar-refractivity contribution >= 4 is 0 Å². The van der Waals surface area contributed by atoms with Crippen LogP contribution in [-0.2, 0) is 0 Å². The molecule has 2 aromatic carbocycles. The van der Waals surface area contributed by atoms with E-state index in [0.717, 1.165) is 23.5 Å². The summed E-state index contributed by atoms with van der Waals surface area (Å²) in [5.41, 5.74) is 2.13. The molecule has 0 bridgehead atoms. The first-order valence-electron chi connectivity index (χ1n) is 7.16. The van der Waals surface area contributed by atoms with Crippen molar-refractivity contribution in [3.8, 4) is 11.5 Å². The number of aliphatic hydroxyl groups excluding tert-OH is 1. The molecule has 0 saturated carbocycles. The van der Waals surface area contributed by atoms with Crippen LogP contribution in [0.1, 0.15) is 50.3 Å². The third-order valence-corrected chi connectivity index (χ3v) is 3.65. The van der Waals surface area contributed by atoms with Crippen LogP contribution in [-0.4, -0.2) is 5.11 Å². The van der Waals surface area contributed by atoms with Gasteiger partial charge >= 0.3 is 0 Å². The Balaban J connectivity index is 2.21. The van der Waals surface area contributed by atoms with E-state index in [-0.39, 0.29) is 0 Å². The quantitative estimate of drug-likeness (QED) is 0.824. The minimum absolute atomic E-state index is 0.448. The Morgan fingerprint density at radius 1 is 1.00 bits per heavy atom. The first-order valence-corrected chi connectivity index (χ1v) is 7.16. The van der Waals surface area contributed by atoms with Gasteiger partial charge in [0.05, 0.1) is 6.10 Å². The van der Waals surface area contributed by atoms with E-state index in [4.69, 9.17) is 4.74 Å². The fourth-order valence-corrected chi connectivity index (χ4v) is 2.14. The van der Waals surface area contributed by atoms with Crippen molar-refractivity contribution in [1.29, 1.82) is 0 Å². The van der Waals surface area contributed by atoms with Gasteiger partial charge in [0.2, 0.25) is 0 Å². The number of hydrogen-bond donors (Lipinski definition) is 1. The van der Waals surface area contributed by atoms with Crippen LogP contribution in [0.2, 0.25) is 0 Å². The average Bonchev–Trinajstić information content (AvgIpc) is 2.47. The first-order chi connectivity index (χ1) is 9.61. The molecule has 2 rings (SSSR count). The summed E-state index contributed by atoms with van der Waals surface area (Å²) in [6.07, 6.45) is 0.637. The van der Waals surface area contributed by atoms with Gasteiger partial charge in [0, 0.05) is 0 Å². The highest BCUT2D eigenvalue weighted by molar-refractivity contribution is 5.40. The topological polar surface area (TPSA) is 29.5 Å². The van der Waals surface area contributed by atoms with Gasteiger partial charge in [-0.2, -0.15) is 0 Å². The minimum Gasteiger partial charge on any atom is -0.457 e. The van der Waals surface area contributed by atoms with Crippen molar-refractivity contribution in [2.75, 3.05) is 0 Å². The summed E-state index contributed by atoms with van der Waals surface area (Å²) in [6.45, 7) is 6.14. The van der Waals surface area contributed by atoms with Gasteiger partial charge in [-0.3, -0.25) is 0 Å². The lowest BCUT2D eigenvalue weighted by Gasteiger charge is -2.15. The second-order valence-corrected chi connectivity index (χ2v) is 5.19. The lowest BCUT2D eigenvalue weighted by atomic mass is 9.98. The molecule has 2 atom stereocenters. The molecule has 0 amide bonds. The summed E-state index contributed by atoms with van der Waals surface area (Å²) in [5, 5.41) is 9.51. The van der Waals surface area contributed by atoms with Gasteiger partial charge in [0.15, 0.2) is 0 Å². The number of ether oxygens (including phenoxy) is 1. The fourth-order valence-electron chi connectivity index (χ4n) is 2.14. The lowest BCUT2D eigenvalue weighted by molar-refractivity contribution is 0.199. The highest BCUT2D eigenvalue weighted by Crippen LogP contribution is 2.32. The maximum atomic E-state index is 9.51. The molecule has 0 radical (unpaired) electrons. The van der Waals surface area contributed by atoms with Crippen LogP contribution in [0.25, 0.3) is 0 Å². The molecule has 1 N–H and O–H groups in total. The molecule has 0 aliphatic heterocycles. The molecule has 2 heteroatoms. The number of benzene rings is 2. The van der Waals surface area contributed by atoms with Gasteiger partial charge in [-0.25, -0.2) is 0 Å². The first kappa shape index (κ1) is 14.6. The third kappa shape index (κ3) is 3.40. The number of rotatable bonds is 5. The summed E-state index contributed by atoms with van der Waals surface area (Å²) in [6, 6.07) is 15.7. The highest BCUT2D eigenvalue weighted by Gasteiger charge is 2.10. The molecule has 0 aromatic heterocycles.